The fourth-order valence-electron chi connectivity index (χ4n) is 1.96. The monoisotopic (exact) mass is 296 g/mol. The van der Waals surface area contributed by atoms with E-state index < -0.39 is 7.60 Å². The van der Waals surface area contributed by atoms with E-state index in [9.17, 15) is 4.57 Å². The van der Waals surface area contributed by atoms with E-state index in [1.807, 2.05) is 38.1 Å². The van der Waals surface area contributed by atoms with Gasteiger partial charge in [-0.15, -0.1) is 0 Å². The Kier molecular flexibility index (Phi) is 6.67. The van der Waals surface area contributed by atoms with Crippen LogP contribution in [0.4, 0.5) is 0 Å². The summed E-state index contributed by atoms with van der Waals surface area (Å²) in [6.45, 7) is 8.60. The zero-order valence-electron chi connectivity index (χ0n) is 12.8. The van der Waals surface area contributed by atoms with E-state index in [-0.39, 0.29) is 5.41 Å². The van der Waals surface area contributed by atoms with Crippen LogP contribution >= 0.6 is 7.60 Å². The molecule has 0 saturated carbocycles. The lowest BCUT2D eigenvalue weighted by Crippen LogP contribution is -2.11. The minimum Gasteiger partial charge on any atom is -0.306 e. The lowest BCUT2D eigenvalue weighted by molar-refractivity contribution is 0.228. The minimum atomic E-state index is -3.10. The maximum absolute atomic E-state index is 12.4. The highest BCUT2D eigenvalue weighted by molar-refractivity contribution is 7.57. The molecule has 0 N–H and O–H groups in total. The predicted octanol–water partition coefficient (Wildman–Crippen LogP) is 5.04. The molecular weight excluding hydrogens is 271 g/mol. The summed E-state index contributed by atoms with van der Waals surface area (Å²) >= 11 is 0. The van der Waals surface area contributed by atoms with E-state index >= 15 is 0 Å². The number of hydrogen-bond acceptors (Lipinski definition) is 3. The Morgan fingerprint density at radius 3 is 2.15 bits per heavy atom. The average Bonchev–Trinajstić information content (AvgIpc) is 2.38. The van der Waals surface area contributed by atoms with Crippen molar-refractivity contribution in [1.29, 1.82) is 0 Å². The van der Waals surface area contributed by atoms with E-state index in [0.717, 1.165) is 6.42 Å². The molecule has 0 aliphatic rings. The molecule has 0 unspecified atom stereocenters. The summed E-state index contributed by atoms with van der Waals surface area (Å²) in [6, 6.07) is 10.3. The second kappa shape index (κ2) is 7.78. The second-order valence-electron chi connectivity index (χ2n) is 5.34. The number of hydrogen-bond donors (Lipinski definition) is 0. The van der Waals surface area contributed by atoms with E-state index in [2.05, 4.69) is 26.0 Å². The van der Waals surface area contributed by atoms with Crippen LogP contribution in [0.25, 0.3) is 0 Å². The van der Waals surface area contributed by atoms with Crippen molar-refractivity contribution < 1.29 is 13.6 Å². The summed E-state index contributed by atoms with van der Waals surface area (Å²) in [5.74, 6) is 1.60. The van der Waals surface area contributed by atoms with Crippen molar-refractivity contribution in [2.45, 2.75) is 34.1 Å². The van der Waals surface area contributed by atoms with E-state index in [4.69, 9.17) is 9.05 Å². The molecule has 0 fully saturated rings. The highest BCUT2D eigenvalue weighted by atomic mass is 31.2. The normalized spacial score (nSPS) is 13.0. The van der Waals surface area contributed by atoms with Crippen LogP contribution in [0.2, 0.25) is 0 Å². The molecule has 0 saturated heterocycles. The van der Waals surface area contributed by atoms with Gasteiger partial charge in [0.05, 0.1) is 13.2 Å². The van der Waals surface area contributed by atoms with Gasteiger partial charge in [-0.1, -0.05) is 50.3 Å². The Bertz CT molecular complexity index is 456. The highest BCUT2D eigenvalue weighted by Crippen LogP contribution is 2.50. The van der Waals surface area contributed by atoms with Crippen LogP contribution in [0.15, 0.2) is 42.2 Å². The van der Waals surface area contributed by atoms with Crippen molar-refractivity contribution in [2.75, 3.05) is 13.2 Å². The van der Waals surface area contributed by atoms with E-state index in [0.29, 0.717) is 13.2 Å². The van der Waals surface area contributed by atoms with Crippen LogP contribution in [0.5, 0.6) is 0 Å². The van der Waals surface area contributed by atoms with Gasteiger partial charge in [-0.2, -0.15) is 0 Å². The van der Waals surface area contributed by atoms with Gasteiger partial charge in [-0.25, -0.2) is 0 Å². The molecule has 1 aromatic rings. The molecule has 0 aliphatic heterocycles. The Morgan fingerprint density at radius 1 is 1.10 bits per heavy atom. The number of benzene rings is 1. The third-order valence-corrected chi connectivity index (χ3v) is 4.58. The summed E-state index contributed by atoms with van der Waals surface area (Å²) in [4.78, 5) is 0. The molecule has 3 nitrogen and oxygen atoms in total. The Labute approximate surface area is 122 Å². The third-order valence-electron chi connectivity index (χ3n) is 2.83. The van der Waals surface area contributed by atoms with Crippen molar-refractivity contribution in [2.24, 2.45) is 5.41 Å². The van der Waals surface area contributed by atoms with Gasteiger partial charge in [0.15, 0.2) is 0 Å². The lowest BCUT2D eigenvalue weighted by Gasteiger charge is -2.21. The van der Waals surface area contributed by atoms with Gasteiger partial charge in [0.2, 0.25) is 0 Å². The fourth-order valence-corrected chi connectivity index (χ4v) is 3.51. The maximum atomic E-state index is 12.4. The lowest BCUT2D eigenvalue weighted by atomic mass is 9.86. The Morgan fingerprint density at radius 2 is 1.65 bits per heavy atom. The van der Waals surface area contributed by atoms with Crippen molar-refractivity contribution in [3.05, 3.63) is 47.8 Å². The summed E-state index contributed by atoms with van der Waals surface area (Å²) < 4.78 is 22.9. The summed E-state index contributed by atoms with van der Waals surface area (Å²) in [6.07, 6.45) is 2.81. The largest absolute Gasteiger partial charge is 0.353 e. The molecule has 0 atom stereocenters. The highest BCUT2D eigenvalue weighted by Gasteiger charge is 2.22. The first kappa shape index (κ1) is 17.2. The topological polar surface area (TPSA) is 35.5 Å². The molecule has 20 heavy (non-hydrogen) atoms. The van der Waals surface area contributed by atoms with Crippen LogP contribution in [-0.2, 0) is 20.0 Å². The molecule has 4 heteroatoms. The van der Waals surface area contributed by atoms with Crippen LogP contribution in [0.3, 0.4) is 0 Å². The van der Waals surface area contributed by atoms with Gasteiger partial charge in [-0.05, 0) is 31.2 Å². The molecule has 0 heterocycles. The Hall–Kier alpha value is -0.890. The zero-order chi connectivity index (χ0) is 15.1. The van der Waals surface area contributed by atoms with Gasteiger partial charge < -0.3 is 9.05 Å². The van der Waals surface area contributed by atoms with Gasteiger partial charge in [0.25, 0.3) is 0 Å². The standard InChI is InChI=1S/C16H25O3P/c1-5-18-20(17,19-6-2)13-12-16(3,4)14-15-10-8-7-9-11-15/h7-13H,5-6,14H2,1-4H3/b13-12+. The van der Waals surface area contributed by atoms with Gasteiger partial charge >= 0.3 is 7.60 Å². The summed E-state index contributed by atoms with van der Waals surface area (Å²) in [5.41, 5.74) is 1.15. The summed E-state index contributed by atoms with van der Waals surface area (Å²) in [7, 11) is -3.10. The molecular formula is C16H25O3P. The van der Waals surface area contributed by atoms with Gasteiger partial charge in [-0.3, -0.25) is 4.57 Å². The molecule has 0 aromatic heterocycles. The van der Waals surface area contributed by atoms with Crippen LogP contribution in [0, 0.1) is 5.41 Å². The van der Waals surface area contributed by atoms with Crippen LogP contribution in [0.1, 0.15) is 33.3 Å². The van der Waals surface area contributed by atoms with E-state index in [1.54, 1.807) is 5.82 Å². The quantitative estimate of drug-likeness (QED) is 0.631. The summed E-state index contributed by atoms with van der Waals surface area (Å²) in [5, 5.41) is 0. The molecule has 0 bridgehead atoms. The minimum absolute atomic E-state index is 0.106. The molecule has 1 aromatic carbocycles. The molecule has 1 rings (SSSR count). The van der Waals surface area contributed by atoms with Crippen molar-refractivity contribution in [3.8, 4) is 0 Å². The maximum Gasteiger partial charge on any atom is 0.353 e. The first-order valence-corrected chi connectivity index (χ1v) is 8.65. The second-order valence-corrected chi connectivity index (χ2v) is 7.24. The fraction of sp³-hybridized carbons (Fsp3) is 0.500. The number of rotatable bonds is 8. The first-order chi connectivity index (χ1) is 9.41. The molecule has 112 valence electrons. The molecule has 0 amide bonds. The predicted molar refractivity (Wildman–Crippen MR) is 83.9 cm³/mol. The van der Waals surface area contributed by atoms with Crippen LogP contribution < -0.4 is 0 Å². The van der Waals surface area contributed by atoms with Gasteiger partial charge in [0.1, 0.15) is 0 Å². The van der Waals surface area contributed by atoms with Crippen molar-refractivity contribution >= 4 is 7.60 Å². The smallest absolute Gasteiger partial charge is 0.306 e. The third kappa shape index (κ3) is 6.04. The zero-order valence-corrected chi connectivity index (χ0v) is 13.7. The van der Waals surface area contributed by atoms with Crippen LogP contribution in [-0.4, -0.2) is 13.2 Å². The molecule has 0 aliphatic carbocycles. The number of allylic oxidation sites excluding steroid dienone is 1. The molecule has 0 radical (unpaired) electrons. The Balaban J connectivity index is 2.77. The van der Waals surface area contributed by atoms with Crippen molar-refractivity contribution in [1.82, 2.24) is 0 Å². The average molecular weight is 296 g/mol. The first-order valence-electron chi connectivity index (χ1n) is 7.04. The van der Waals surface area contributed by atoms with E-state index in [1.165, 1.54) is 5.56 Å². The SMILES string of the molecule is CCOP(=O)(/C=C/C(C)(C)Cc1ccccc1)OCC. The molecule has 0 spiro atoms. The van der Waals surface area contributed by atoms with Gasteiger partial charge in [0, 0.05) is 5.82 Å². The van der Waals surface area contributed by atoms with Crippen molar-refractivity contribution in [3.63, 3.8) is 0 Å².